The molecule has 0 spiro atoms. The molecule has 4 rings (SSSR count). The highest BCUT2D eigenvalue weighted by atomic mass is 19.4. The molecular weight excluding hydrogens is 400 g/mol. The minimum Gasteiger partial charge on any atom is -0.364 e. The van der Waals surface area contributed by atoms with E-state index in [1.807, 2.05) is 19.1 Å². The molecule has 0 fully saturated rings. The highest BCUT2D eigenvalue weighted by molar-refractivity contribution is 5.89. The smallest absolute Gasteiger partial charge is 0.232 e. The number of nitrogens with one attached hydrogen (secondary N) is 2. The predicted octanol–water partition coefficient (Wildman–Crippen LogP) is 4.89. The van der Waals surface area contributed by atoms with E-state index in [0.29, 0.717) is 22.3 Å². The van der Waals surface area contributed by atoms with E-state index in [-0.39, 0.29) is 11.1 Å². The van der Waals surface area contributed by atoms with Gasteiger partial charge in [0.1, 0.15) is 0 Å². The summed E-state index contributed by atoms with van der Waals surface area (Å²) in [6, 6.07) is 15.1. The number of fused-ring (bicyclic) bond motifs is 1. The number of aryl methyl sites for hydroxylation is 2. The summed E-state index contributed by atoms with van der Waals surface area (Å²) in [5.74, 6) is 0. The van der Waals surface area contributed by atoms with Crippen LogP contribution in [0.4, 0.5) is 20.3 Å². The Morgan fingerprint density at radius 2 is 1.94 bits per heavy atom. The van der Waals surface area contributed by atoms with Gasteiger partial charge in [0.25, 0.3) is 0 Å². The van der Waals surface area contributed by atoms with Crippen LogP contribution < -0.4 is 5.32 Å². The van der Waals surface area contributed by atoms with Gasteiger partial charge in [0.05, 0.1) is 17.2 Å². The van der Waals surface area contributed by atoms with Crippen LogP contribution in [0.2, 0.25) is 0 Å². The van der Waals surface area contributed by atoms with Crippen molar-refractivity contribution in [1.82, 2.24) is 14.9 Å². The summed E-state index contributed by atoms with van der Waals surface area (Å²) in [7, 11) is 1.73. The van der Waals surface area contributed by atoms with Crippen molar-refractivity contribution >= 4 is 28.5 Å². The number of pyridine rings is 1. The molecule has 0 aliphatic carbocycles. The lowest BCUT2D eigenvalue weighted by atomic mass is 9.93. The number of benzene rings is 2. The molecule has 1 atom stereocenters. The number of hydrogen-bond donors (Lipinski definition) is 3. The Labute approximate surface area is 177 Å². The molecule has 0 radical (unpaired) electrons. The molecule has 0 amide bonds. The molecule has 0 aliphatic rings. The number of aromatic nitrogens is 2. The first-order valence-electron chi connectivity index (χ1n) is 9.58. The quantitative estimate of drug-likeness (QED) is 0.235. The van der Waals surface area contributed by atoms with Crippen molar-refractivity contribution in [2.45, 2.75) is 12.6 Å². The zero-order valence-corrected chi connectivity index (χ0v) is 17.0. The Balaban J connectivity index is 1.81. The molecule has 3 N–H and O–H groups in total. The van der Waals surface area contributed by atoms with Crippen molar-refractivity contribution in [1.29, 1.82) is 5.41 Å². The van der Waals surface area contributed by atoms with Crippen molar-refractivity contribution in [3.05, 3.63) is 89.4 Å². The first-order chi connectivity index (χ1) is 14.8. The Morgan fingerprint density at radius 1 is 1.16 bits per heavy atom. The normalized spacial score (nSPS) is 13.4. The lowest BCUT2D eigenvalue weighted by molar-refractivity contribution is -0.297. The van der Waals surface area contributed by atoms with E-state index in [9.17, 15) is 14.1 Å². The van der Waals surface area contributed by atoms with Gasteiger partial charge in [-0.25, -0.2) is 0 Å². The van der Waals surface area contributed by atoms with Gasteiger partial charge in [0.2, 0.25) is 5.72 Å². The van der Waals surface area contributed by atoms with E-state index in [0.717, 1.165) is 17.4 Å². The number of halogens is 2. The fraction of sp³-hybridized carbons (Fsp3) is 0.130. The highest BCUT2D eigenvalue weighted by Crippen LogP contribution is 2.40. The van der Waals surface area contributed by atoms with E-state index >= 15 is 0 Å². The largest absolute Gasteiger partial charge is 0.364 e. The van der Waals surface area contributed by atoms with Crippen LogP contribution in [-0.4, -0.2) is 26.2 Å². The zero-order chi connectivity index (χ0) is 22.2. The number of nitrogens with zero attached hydrogens (tertiary/aromatic N) is 3. The second-order valence-corrected chi connectivity index (χ2v) is 7.34. The number of rotatable bonds is 6. The lowest BCUT2D eigenvalue weighted by Gasteiger charge is -2.28. The molecule has 0 aliphatic heterocycles. The third-order valence-electron chi connectivity index (χ3n) is 5.32. The molecule has 2 aromatic heterocycles. The van der Waals surface area contributed by atoms with Crippen LogP contribution in [-0.2, 0) is 12.8 Å². The van der Waals surface area contributed by atoms with Gasteiger partial charge in [-0.2, -0.15) is 0 Å². The average Bonchev–Trinajstić information content (AvgIpc) is 3.12. The lowest BCUT2D eigenvalue weighted by Crippen LogP contribution is -2.37. The van der Waals surface area contributed by atoms with Crippen molar-refractivity contribution < 1.29 is 14.1 Å². The maximum absolute atomic E-state index is 14.2. The number of para-hydroxylation sites is 1. The minimum absolute atomic E-state index is 0.0509. The molecular formula is C23H21F2N5O. The Hall–Kier alpha value is -3.62. The fourth-order valence-corrected chi connectivity index (χ4v) is 3.67. The number of aliphatic hydroxyl groups is 1. The monoisotopic (exact) mass is 421 g/mol. The summed E-state index contributed by atoms with van der Waals surface area (Å²) in [5.41, 5.74) is 0.461. The standard InChI is InChI=1S/C23H21F2N5O/c1-15-7-9-18(13-27-15)28-21-10-8-17(11-16(21)12-26)23(31,30(24)25)20-14-29(2)22-6-4-3-5-19(20)22/h3-14,26,28,31H,1-2H3. The van der Waals surface area contributed by atoms with Crippen LogP contribution in [0, 0.1) is 12.3 Å². The van der Waals surface area contributed by atoms with E-state index in [1.165, 1.54) is 18.3 Å². The van der Waals surface area contributed by atoms with Crippen LogP contribution in [0.25, 0.3) is 10.9 Å². The molecule has 2 heterocycles. The summed E-state index contributed by atoms with van der Waals surface area (Å²) in [4.78, 5) is 4.21. The van der Waals surface area contributed by atoms with Gasteiger partial charge >= 0.3 is 0 Å². The van der Waals surface area contributed by atoms with Crippen molar-refractivity contribution in [2.24, 2.45) is 7.05 Å². The summed E-state index contributed by atoms with van der Waals surface area (Å²) >= 11 is 0. The Kier molecular flexibility index (Phi) is 5.26. The van der Waals surface area contributed by atoms with E-state index in [2.05, 4.69) is 10.3 Å². The first-order valence-corrected chi connectivity index (χ1v) is 9.58. The topological polar surface area (TPSA) is 77.2 Å². The number of hydrogen-bond acceptors (Lipinski definition) is 5. The number of anilines is 2. The third-order valence-corrected chi connectivity index (χ3v) is 5.32. The van der Waals surface area contributed by atoms with Crippen LogP contribution in [0.1, 0.15) is 22.4 Å². The Morgan fingerprint density at radius 3 is 2.61 bits per heavy atom. The van der Waals surface area contributed by atoms with Gasteiger partial charge in [0, 0.05) is 58.4 Å². The van der Waals surface area contributed by atoms with Crippen LogP contribution >= 0.6 is 0 Å². The van der Waals surface area contributed by atoms with E-state index < -0.39 is 11.1 Å². The molecule has 31 heavy (non-hydrogen) atoms. The van der Waals surface area contributed by atoms with Crippen LogP contribution in [0.3, 0.4) is 0 Å². The maximum Gasteiger partial charge on any atom is 0.232 e. The van der Waals surface area contributed by atoms with E-state index in [1.54, 1.807) is 48.1 Å². The molecule has 4 aromatic rings. The van der Waals surface area contributed by atoms with Gasteiger partial charge in [-0.1, -0.05) is 33.2 Å². The SMILES string of the molecule is Cc1ccc(Nc2ccc(C(O)(c3cn(C)c4ccccc34)N(F)F)cc2C=N)cn1. The zero-order valence-electron chi connectivity index (χ0n) is 17.0. The van der Waals surface area contributed by atoms with Crippen molar-refractivity contribution in [2.75, 3.05) is 5.32 Å². The van der Waals surface area contributed by atoms with Crippen LogP contribution in [0.5, 0.6) is 0 Å². The minimum atomic E-state index is -2.69. The molecule has 1 unspecified atom stereocenters. The highest BCUT2D eigenvalue weighted by Gasteiger charge is 2.43. The maximum atomic E-state index is 14.2. The molecule has 0 saturated carbocycles. The van der Waals surface area contributed by atoms with Gasteiger partial charge in [-0.3, -0.25) is 4.98 Å². The summed E-state index contributed by atoms with van der Waals surface area (Å²) in [6.07, 6.45) is 4.19. The second kappa shape index (κ2) is 7.90. The Bertz CT molecular complexity index is 1250. The molecule has 8 heteroatoms. The molecule has 6 nitrogen and oxygen atoms in total. The predicted molar refractivity (Wildman–Crippen MR) is 117 cm³/mol. The van der Waals surface area contributed by atoms with Gasteiger partial charge in [-0.05, 0) is 37.3 Å². The molecule has 0 saturated heterocycles. The summed E-state index contributed by atoms with van der Waals surface area (Å²) in [5, 5.41) is 21.4. The third kappa shape index (κ3) is 3.56. The van der Waals surface area contributed by atoms with Crippen LogP contribution in [0.15, 0.2) is 67.0 Å². The summed E-state index contributed by atoms with van der Waals surface area (Å²) < 4.78 is 30.1. The molecule has 2 aromatic carbocycles. The van der Waals surface area contributed by atoms with Crippen molar-refractivity contribution in [3.8, 4) is 0 Å². The molecule has 158 valence electrons. The van der Waals surface area contributed by atoms with Gasteiger partial charge < -0.3 is 20.4 Å². The van der Waals surface area contributed by atoms with Gasteiger partial charge in [0.15, 0.2) is 0 Å². The van der Waals surface area contributed by atoms with E-state index in [4.69, 9.17) is 5.41 Å². The summed E-state index contributed by atoms with van der Waals surface area (Å²) in [6.45, 7) is 1.87. The average molecular weight is 421 g/mol. The fourth-order valence-electron chi connectivity index (χ4n) is 3.67. The second-order valence-electron chi connectivity index (χ2n) is 7.34. The van der Waals surface area contributed by atoms with Gasteiger partial charge in [-0.15, -0.1) is 0 Å². The molecule has 0 bridgehead atoms. The first kappa shape index (κ1) is 20.6. The van der Waals surface area contributed by atoms with Crippen molar-refractivity contribution in [3.63, 3.8) is 0 Å².